The highest BCUT2D eigenvalue weighted by Gasteiger charge is 2.06. The van der Waals surface area contributed by atoms with E-state index in [0.29, 0.717) is 5.88 Å². The van der Waals surface area contributed by atoms with Crippen LogP contribution in [-0.2, 0) is 0 Å². The minimum atomic E-state index is 0.600. The molecule has 2 rings (SSSR count). The zero-order valence-corrected chi connectivity index (χ0v) is 10.6. The average Bonchev–Trinajstić information content (AvgIpc) is 2.85. The molecule has 2 aromatic heterocycles. The Bertz CT molecular complexity index is 469. The quantitative estimate of drug-likeness (QED) is 0.883. The monoisotopic (exact) mass is 250 g/mol. The molecule has 0 aliphatic rings. The van der Waals surface area contributed by atoms with E-state index in [1.165, 1.54) is 11.3 Å². The van der Waals surface area contributed by atoms with Crippen LogP contribution in [0, 0.1) is 0 Å². The van der Waals surface area contributed by atoms with Crippen molar-refractivity contribution in [3.63, 3.8) is 0 Å². The molecule has 0 aliphatic carbocycles. The van der Waals surface area contributed by atoms with Gasteiger partial charge in [0.05, 0.1) is 7.11 Å². The number of rotatable bonds is 5. The lowest BCUT2D eigenvalue weighted by atomic mass is 10.3. The van der Waals surface area contributed by atoms with Crippen molar-refractivity contribution in [3.05, 3.63) is 18.3 Å². The third-order valence-electron chi connectivity index (χ3n) is 2.14. The maximum Gasteiger partial charge on any atom is 0.212 e. The third kappa shape index (κ3) is 2.91. The van der Waals surface area contributed by atoms with Crippen LogP contribution in [0.5, 0.6) is 5.88 Å². The Balaban J connectivity index is 2.12. The van der Waals surface area contributed by atoms with Gasteiger partial charge in [0.25, 0.3) is 0 Å². The summed E-state index contributed by atoms with van der Waals surface area (Å²) in [5.41, 5.74) is 0.952. The highest BCUT2D eigenvalue weighted by molar-refractivity contribution is 7.18. The summed E-state index contributed by atoms with van der Waals surface area (Å²) in [5, 5.41) is 13.1. The summed E-state index contributed by atoms with van der Waals surface area (Å²) < 4.78 is 5.01. The van der Waals surface area contributed by atoms with Crippen LogP contribution in [0.2, 0.25) is 0 Å². The first-order valence-corrected chi connectivity index (χ1v) is 6.23. The van der Waals surface area contributed by atoms with Crippen molar-refractivity contribution in [2.24, 2.45) is 0 Å². The van der Waals surface area contributed by atoms with Crippen LogP contribution in [0.4, 0.5) is 5.13 Å². The van der Waals surface area contributed by atoms with E-state index in [9.17, 15) is 0 Å². The lowest BCUT2D eigenvalue weighted by Gasteiger charge is -1.98. The van der Waals surface area contributed by atoms with Crippen molar-refractivity contribution >= 4 is 16.5 Å². The van der Waals surface area contributed by atoms with Crippen LogP contribution >= 0.6 is 11.3 Å². The fourth-order valence-electron chi connectivity index (χ4n) is 1.27. The molecule has 5 nitrogen and oxygen atoms in total. The van der Waals surface area contributed by atoms with E-state index < -0.39 is 0 Å². The van der Waals surface area contributed by atoms with Crippen LogP contribution in [0.25, 0.3) is 10.6 Å². The van der Waals surface area contributed by atoms with Gasteiger partial charge in [-0.3, -0.25) is 0 Å². The predicted molar refractivity (Wildman–Crippen MR) is 68.5 cm³/mol. The number of ether oxygens (including phenoxy) is 1. The molecule has 0 aromatic carbocycles. The number of nitrogens with zero attached hydrogens (tertiary/aromatic N) is 3. The van der Waals surface area contributed by atoms with Gasteiger partial charge in [0.15, 0.2) is 5.01 Å². The van der Waals surface area contributed by atoms with Gasteiger partial charge in [0.1, 0.15) is 0 Å². The second-order valence-corrected chi connectivity index (χ2v) is 4.41. The van der Waals surface area contributed by atoms with Gasteiger partial charge in [-0.1, -0.05) is 18.3 Å². The number of methoxy groups -OCH3 is 1. The van der Waals surface area contributed by atoms with Gasteiger partial charge in [-0.05, 0) is 12.5 Å². The number of hydrogen-bond donors (Lipinski definition) is 1. The van der Waals surface area contributed by atoms with Crippen LogP contribution in [0.15, 0.2) is 18.3 Å². The Morgan fingerprint density at radius 2 is 2.24 bits per heavy atom. The smallest absolute Gasteiger partial charge is 0.212 e. The van der Waals surface area contributed by atoms with Crippen LogP contribution in [0.1, 0.15) is 13.3 Å². The molecule has 2 heterocycles. The predicted octanol–water partition coefficient (Wildman–Crippen LogP) is 2.43. The molecule has 0 bridgehead atoms. The molecule has 17 heavy (non-hydrogen) atoms. The molecule has 90 valence electrons. The van der Waals surface area contributed by atoms with E-state index in [1.807, 2.05) is 12.1 Å². The second-order valence-electron chi connectivity index (χ2n) is 3.43. The first kappa shape index (κ1) is 11.8. The number of aromatic nitrogens is 3. The molecule has 0 aliphatic heterocycles. The van der Waals surface area contributed by atoms with Gasteiger partial charge in [0.2, 0.25) is 11.0 Å². The van der Waals surface area contributed by atoms with Gasteiger partial charge in [-0.25, -0.2) is 4.98 Å². The number of nitrogens with one attached hydrogen (secondary N) is 1. The van der Waals surface area contributed by atoms with Crippen molar-refractivity contribution in [2.45, 2.75) is 13.3 Å². The molecular weight excluding hydrogens is 236 g/mol. The Labute approximate surface area is 104 Å². The standard InChI is InChI=1S/C11H14N4OS/c1-3-6-12-11-15-14-10(17-11)8-4-5-9(16-2)13-7-8/h4-5,7H,3,6H2,1-2H3,(H,12,15). The molecule has 0 saturated carbocycles. The van der Waals surface area contributed by atoms with Crippen LogP contribution in [0.3, 0.4) is 0 Å². The summed E-state index contributed by atoms with van der Waals surface area (Å²) in [5.74, 6) is 0.600. The number of anilines is 1. The van der Waals surface area contributed by atoms with E-state index in [0.717, 1.165) is 28.7 Å². The molecule has 1 N–H and O–H groups in total. The molecule has 0 saturated heterocycles. The fourth-order valence-corrected chi connectivity index (χ4v) is 2.03. The zero-order valence-electron chi connectivity index (χ0n) is 9.80. The number of pyridine rings is 1. The van der Waals surface area contributed by atoms with E-state index in [4.69, 9.17) is 4.74 Å². The average molecular weight is 250 g/mol. The summed E-state index contributed by atoms with van der Waals surface area (Å²) in [6.07, 6.45) is 2.81. The molecule has 6 heteroatoms. The molecule has 0 fully saturated rings. The van der Waals surface area contributed by atoms with E-state index in [-0.39, 0.29) is 0 Å². The summed E-state index contributed by atoms with van der Waals surface area (Å²) in [7, 11) is 1.60. The second kappa shape index (κ2) is 5.58. The van der Waals surface area contributed by atoms with E-state index in [2.05, 4.69) is 27.4 Å². The van der Waals surface area contributed by atoms with Crippen molar-refractivity contribution < 1.29 is 4.74 Å². The third-order valence-corrected chi connectivity index (χ3v) is 3.07. The zero-order chi connectivity index (χ0) is 12.1. The fraction of sp³-hybridized carbons (Fsp3) is 0.364. The minimum Gasteiger partial charge on any atom is -0.481 e. The highest BCUT2D eigenvalue weighted by atomic mass is 32.1. The summed E-state index contributed by atoms with van der Waals surface area (Å²) in [6.45, 7) is 3.03. The molecule has 2 aromatic rings. The first-order valence-electron chi connectivity index (χ1n) is 5.41. The van der Waals surface area contributed by atoms with Gasteiger partial charge in [0, 0.05) is 24.4 Å². The van der Waals surface area contributed by atoms with E-state index >= 15 is 0 Å². The first-order chi connectivity index (χ1) is 8.33. The highest BCUT2D eigenvalue weighted by Crippen LogP contribution is 2.26. The van der Waals surface area contributed by atoms with Crippen LogP contribution in [-0.4, -0.2) is 28.8 Å². The lowest BCUT2D eigenvalue weighted by molar-refractivity contribution is 0.398. The molecule has 0 unspecified atom stereocenters. The Morgan fingerprint density at radius 1 is 1.35 bits per heavy atom. The van der Waals surface area contributed by atoms with Crippen molar-refractivity contribution in [1.29, 1.82) is 0 Å². The summed E-state index contributed by atoms with van der Waals surface area (Å²) in [6, 6.07) is 3.74. The molecule has 0 atom stereocenters. The van der Waals surface area contributed by atoms with Gasteiger partial charge in [-0.2, -0.15) is 0 Å². The maximum atomic E-state index is 5.01. The van der Waals surface area contributed by atoms with Gasteiger partial charge < -0.3 is 10.1 Å². The van der Waals surface area contributed by atoms with Gasteiger partial charge in [-0.15, -0.1) is 10.2 Å². The molecule has 0 amide bonds. The SMILES string of the molecule is CCCNc1nnc(-c2ccc(OC)nc2)s1. The van der Waals surface area contributed by atoms with Crippen molar-refractivity contribution in [1.82, 2.24) is 15.2 Å². The molecule has 0 radical (unpaired) electrons. The van der Waals surface area contributed by atoms with E-state index in [1.54, 1.807) is 13.3 Å². The molecular formula is C11H14N4OS. The summed E-state index contributed by atoms with van der Waals surface area (Å²) >= 11 is 1.53. The van der Waals surface area contributed by atoms with Crippen molar-refractivity contribution in [3.8, 4) is 16.5 Å². The maximum absolute atomic E-state index is 5.01. The largest absolute Gasteiger partial charge is 0.481 e. The number of hydrogen-bond acceptors (Lipinski definition) is 6. The van der Waals surface area contributed by atoms with Crippen LogP contribution < -0.4 is 10.1 Å². The Kier molecular flexibility index (Phi) is 3.87. The van der Waals surface area contributed by atoms with Crippen molar-refractivity contribution in [2.75, 3.05) is 19.0 Å². The molecule has 0 spiro atoms. The topological polar surface area (TPSA) is 59.9 Å². The summed E-state index contributed by atoms with van der Waals surface area (Å²) in [4.78, 5) is 4.14. The van der Waals surface area contributed by atoms with Gasteiger partial charge >= 0.3 is 0 Å². The minimum absolute atomic E-state index is 0.600. The Morgan fingerprint density at radius 3 is 2.88 bits per heavy atom. The Hall–Kier alpha value is -1.69. The lowest BCUT2D eigenvalue weighted by Crippen LogP contribution is -1.98. The normalized spacial score (nSPS) is 10.2.